The molecule has 0 atom stereocenters. The second kappa shape index (κ2) is 3.48. The second-order valence-electron chi connectivity index (χ2n) is 5.45. The van der Waals surface area contributed by atoms with Crippen LogP contribution in [0.3, 0.4) is 0 Å². The van der Waals surface area contributed by atoms with Gasteiger partial charge in [0, 0.05) is 6.54 Å². The highest BCUT2D eigenvalue weighted by molar-refractivity contribution is 5.91. The van der Waals surface area contributed by atoms with E-state index >= 15 is 0 Å². The maximum Gasteiger partial charge on any atom is 0.243 e. The number of rotatable bonds is 2. The van der Waals surface area contributed by atoms with Crippen molar-refractivity contribution in [2.75, 3.05) is 13.2 Å². The van der Waals surface area contributed by atoms with Crippen molar-refractivity contribution in [3.63, 3.8) is 0 Å². The van der Waals surface area contributed by atoms with E-state index < -0.39 is 0 Å². The van der Waals surface area contributed by atoms with E-state index in [2.05, 4.69) is 10.2 Å². The molecule has 2 saturated carbocycles. The van der Waals surface area contributed by atoms with Crippen LogP contribution in [0.5, 0.6) is 0 Å². The standard InChI is InChI=1S/C12H20N2O/c15-11-12(6-7-12)13-9-14(11)8-10-4-2-1-3-5-10/h10,13H,1-9H2. The van der Waals surface area contributed by atoms with Gasteiger partial charge in [-0.15, -0.1) is 0 Å². The number of nitrogens with one attached hydrogen (secondary N) is 1. The molecule has 0 unspecified atom stereocenters. The average Bonchev–Trinajstić information content (AvgIpc) is 3.00. The fourth-order valence-electron chi connectivity index (χ4n) is 3.04. The molecule has 0 radical (unpaired) electrons. The van der Waals surface area contributed by atoms with Gasteiger partial charge in [-0.1, -0.05) is 19.3 Å². The van der Waals surface area contributed by atoms with Crippen LogP contribution in [0.1, 0.15) is 44.9 Å². The smallest absolute Gasteiger partial charge is 0.243 e. The molecule has 1 spiro atoms. The Balaban J connectivity index is 1.57. The van der Waals surface area contributed by atoms with Gasteiger partial charge in [0.15, 0.2) is 0 Å². The van der Waals surface area contributed by atoms with Crippen molar-refractivity contribution in [3.8, 4) is 0 Å². The zero-order valence-corrected chi connectivity index (χ0v) is 9.30. The minimum Gasteiger partial charge on any atom is -0.328 e. The number of nitrogens with zero attached hydrogens (tertiary/aromatic N) is 1. The summed E-state index contributed by atoms with van der Waals surface area (Å²) < 4.78 is 0. The van der Waals surface area contributed by atoms with Crippen molar-refractivity contribution < 1.29 is 4.79 Å². The van der Waals surface area contributed by atoms with E-state index in [1.807, 2.05) is 0 Å². The molecule has 1 heterocycles. The summed E-state index contributed by atoms with van der Waals surface area (Å²) in [5, 5.41) is 3.37. The van der Waals surface area contributed by atoms with Crippen molar-refractivity contribution in [1.29, 1.82) is 0 Å². The number of hydrogen-bond donors (Lipinski definition) is 1. The lowest BCUT2D eigenvalue weighted by molar-refractivity contribution is -0.130. The Hall–Kier alpha value is -0.570. The van der Waals surface area contributed by atoms with Crippen molar-refractivity contribution in [1.82, 2.24) is 10.2 Å². The third kappa shape index (κ3) is 1.67. The van der Waals surface area contributed by atoms with Crippen LogP contribution in [0.2, 0.25) is 0 Å². The molecule has 1 saturated heterocycles. The Kier molecular flexibility index (Phi) is 2.23. The maximum atomic E-state index is 12.0. The molecule has 3 fully saturated rings. The topological polar surface area (TPSA) is 32.3 Å². The molecule has 0 bridgehead atoms. The summed E-state index contributed by atoms with van der Waals surface area (Å²) >= 11 is 0. The lowest BCUT2D eigenvalue weighted by Gasteiger charge is -2.26. The third-order valence-corrected chi connectivity index (χ3v) is 4.26. The molecule has 1 amide bonds. The van der Waals surface area contributed by atoms with E-state index in [9.17, 15) is 4.79 Å². The Morgan fingerprint density at radius 2 is 2.00 bits per heavy atom. The van der Waals surface area contributed by atoms with Crippen LogP contribution in [-0.4, -0.2) is 29.6 Å². The van der Waals surface area contributed by atoms with Crippen LogP contribution in [0.15, 0.2) is 0 Å². The van der Waals surface area contributed by atoms with E-state index in [1.165, 1.54) is 32.1 Å². The third-order valence-electron chi connectivity index (χ3n) is 4.26. The lowest BCUT2D eigenvalue weighted by atomic mass is 9.89. The molecular formula is C12H20N2O. The van der Waals surface area contributed by atoms with Crippen molar-refractivity contribution in [3.05, 3.63) is 0 Å². The zero-order chi connectivity index (χ0) is 10.3. The predicted octanol–water partition coefficient (Wildman–Crippen LogP) is 1.49. The van der Waals surface area contributed by atoms with Gasteiger partial charge in [-0.3, -0.25) is 10.1 Å². The zero-order valence-electron chi connectivity index (χ0n) is 9.30. The Morgan fingerprint density at radius 1 is 1.27 bits per heavy atom. The van der Waals surface area contributed by atoms with E-state index in [1.54, 1.807) is 0 Å². The molecule has 3 aliphatic rings. The predicted molar refractivity (Wildman–Crippen MR) is 58.3 cm³/mol. The Labute approximate surface area is 91.2 Å². The molecule has 0 aromatic heterocycles. The van der Waals surface area contributed by atoms with Crippen LogP contribution in [0.25, 0.3) is 0 Å². The molecule has 15 heavy (non-hydrogen) atoms. The Bertz CT molecular complexity index is 267. The summed E-state index contributed by atoms with van der Waals surface area (Å²) in [7, 11) is 0. The van der Waals surface area contributed by atoms with E-state index in [0.29, 0.717) is 5.91 Å². The monoisotopic (exact) mass is 208 g/mol. The first-order valence-electron chi connectivity index (χ1n) is 6.35. The van der Waals surface area contributed by atoms with E-state index in [0.717, 1.165) is 32.0 Å². The maximum absolute atomic E-state index is 12.0. The Morgan fingerprint density at radius 3 is 2.60 bits per heavy atom. The van der Waals surface area contributed by atoms with Gasteiger partial charge in [0.2, 0.25) is 5.91 Å². The van der Waals surface area contributed by atoms with Crippen molar-refractivity contribution in [2.45, 2.75) is 50.5 Å². The molecule has 0 aromatic carbocycles. The normalized spacial score (nSPS) is 30.1. The fourth-order valence-corrected chi connectivity index (χ4v) is 3.04. The molecule has 1 aliphatic heterocycles. The lowest BCUT2D eigenvalue weighted by Crippen LogP contribution is -2.35. The minimum absolute atomic E-state index is 0.0886. The molecule has 3 rings (SSSR count). The summed E-state index contributed by atoms with van der Waals surface area (Å²) in [5.74, 6) is 1.16. The number of carbonyl (C=O) groups is 1. The fraction of sp³-hybridized carbons (Fsp3) is 0.917. The van der Waals surface area contributed by atoms with Crippen molar-refractivity contribution >= 4 is 5.91 Å². The summed E-state index contributed by atoms with van der Waals surface area (Å²) in [6, 6.07) is 0. The summed E-state index contributed by atoms with van der Waals surface area (Å²) in [4.78, 5) is 14.1. The van der Waals surface area contributed by atoms with Crippen LogP contribution in [0, 0.1) is 5.92 Å². The number of hydrogen-bond acceptors (Lipinski definition) is 2. The molecule has 3 heteroatoms. The summed E-state index contributed by atoms with van der Waals surface area (Å²) in [6.07, 6.45) is 8.91. The van der Waals surface area contributed by atoms with Gasteiger partial charge < -0.3 is 4.90 Å². The number of amides is 1. The minimum atomic E-state index is -0.0886. The molecule has 2 aliphatic carbocycles. The average molecular weight is 208 g/mol. The van der Waals surface area contributed by atoms with Gasteiger partial charge >= 0.3 is 0 Å². The van der Waals surface area contributed by atoms with Gasteiger partial charge in [0.05, 0.1) is 12.2 Å². The van der Waals surface area contributed by atoms with Crippen LogP contribution >= 0.6 is 0 Å². The molecule has 3 nitrogen and oxygen atoms in total. The van der Waals surface area contributed by atoms with Gasteiger partial charge in [-0.2, -0.15) is 0 Å². The van der Waals surface area contributed by atoms with Crippen molar-refractivity contribution in [2.24, 2.45) is 5.92 Å². The van der Waals surface area contributed by atoms with Gasteiger partial charge in [-0.25, -0.2) is 0 Å². The highest BCUT2D eigenvalue weighted by atomic mass is 16.2. The molecule has 0 aromatic rings. The van der Waals surface area contributed by atoms with E-state index in [4.69, 9.17) is 0 Å². The van der Waals surface area contributed by atoms with Gasteiger partial charge in [0.1, 0.15) is 0 Å². The van der Waals surface area contributed by atoms with Crippen LogP contribution < -0.4 is 5.32 Å². The summed E-state index contributed by atoms with van der Waals surface area (Å²) in [6.45, 7) is 1.81. The van der Waals surface area contributed by atoms with Crippen LogP contribution in [0.4, 0.5) is 0 Å². The highest BCUT2D eigenvalue weighted by Gasteiger charge is 2.55. The highest BCUT2D eigenvalue weighted by Crippen LogP contribution is 2.40. The number of carbonyl (C=O) groups excluding carboxylic acids is 1. The first-order valence-corrected chi connectivity index (χ1v) is 6.35. The molecule has 1 N–H and O–H groups in total. The largest absolute Gasteiger partial charge is 0.328 e. The van der Waals surface area contributed by atoms with Gasteiger partial charge in [0.25, 0.3) is 0 Å². The van der Waals surface area contributed by atoms with Crippen LogP contribution in [-0.2, 0) is 4.79 Å². The molecular weight excluding hydrogens is 188 g/mol. The van der Waals surface area contributed by atoms with Gasteiger partial charge in [-0.05, 0) is 31.6 Å². The second-order valence-corrected chi connectivity index (χ2v) is 5.45. The van der Waals surface area contributed by atoms with E-state index in [-0.39, 0.29) is 5.54 Å². The quantitative estimate of drug-likeness (QED) is 0.745. The first kappa shape index (κ1) is 9.64. The molecule has 84 valence electrons. The SMILES string of the molecule is O=C1N(CC2CCCCC2)CNC12CC2. The summed E-state index contributed by atoms with van der Waals surface area (Å²) in [5.41, 5.74) is -0.0886. The first-order chi connectivity index (χ1) is 7.30.